The van der Waals surface area contributed by atoms with Gasteiger partial charge in [-0.15, -0.1) is 0 Å². The van der Waals surface area contributed by atoms with Crippen LogP contribution in [0.2, 0.25) is 0 Å². The predicted octanol–water partition coefficient (Wildman–Crippen LogP) is 3.31. The molecule has 4 nitrogen and oxygen atoms in total. The van der Waals surface area contributed by atoms with E-state index in [1.807, 2.05) is 0 Å². The molecule has 0 N–H and O–H groups in total. The smallest absolute Gasteiger partial charge is 0.307 e. The van der Waals surface area contributed by atoms with Gasteiger partial charge in [-0.1, -0.05) is 21.1 Å². The average molecular weight is 328 g/mol. The van der Waals surface area contributed by atoms with Crippen LogP contribution in [0.1, 0.15) is 12.1 Å². The van der Waals surface area contributed by atoms with Crippen molar-refractivity contribution < 1.29 is 18.4 Å². The number of alkyl halides is 1. The molecule has 0 unspecified atom stereocenters. The third-order valence-electron chi connectivity index (χ3n) is 2.37. The topological polar surface area (TPSA) is 52.3 Å². The molecule has 0 aliphatic carbocycles. The molecule has 0 saturated heterocycles. The fourth-order valence-electron chi connectivity index (χ4n) is 1.43. The zero-order chi connectivity index (χ0) is 13.7. The van der Waals surface area contributed by atoms with E-state index in [1.165, 1.54) is 12.1 Å². The highest BCUT2D eigenvalue weighted by atomic mass is 79.9. The molecule has 1 aromatic heterocycles. The lowest BCUT2D eigenvalue weighted by molar-refractivity contribution is -0.144. The molecular weight excluding hydrogens is 317 g/mol. The summed E-state index contributed by atoms with van der Waals surface area (Å²) in [4.78, 5) is 11.2. The Morgan fingerprint density at radius 3 is 2.79 bits per heavy atom. The van der Waals surface area contributed by atoms with Crippen molar-refractivity contribution in [3.8, 4) is 11.3 Å². The van der Waals surface area contributed by atoms with Crippen molar-refractivity contribution in [1.82, 2.24) is 5.16 Å². The number of carbonyl (C=O) groups is 1. The van der Waals surface area contributed by atoms with Gasteiger partial charge in [0.2, 0.25) is 0 Å². The molecule has 0 aliphatic heterocycles. The van der Waals surface area contributed by atoms with E-state index >= 15 is 0 Å². The SMILES string of the molecule is O=C(CCBr)OCc1cc(-c2ccc(F)cc2)on1. The van der Waals surface area contributed by atoms with E-state index in [9.17, 15) is 9.18 Å². The number of hydrogen-bond donors (Lipinski definition) is 0. The third-order valence-corrected chi connectivity index (χ3v) is 2.76. The first-order valence-corrected chi connectivity index (χ1v) is 6.74. The monoisotopic (exact) mass is 327 g/mol. The Morgan fingerprint density at radius 2 is 2.11 bits per heavy atom. The van der Waals surface area contributed by atoms with Crippen LogP contribution < -0.4 is 0 Å². The number of benzene rings is 1. The van der Waals surface area contributed by atoms with Crippen molar-refractivity contribution in [2.75, 3.05) is 5.33 Å². The van der Waals surface area contributed by atoms with Crippen LogP contribution in [0.4, 0.5) is 4.39 Å². The number of nitrogens with zero attached hydrogens (tertiary/aromatic N) is 1. The van der Waals surface area contributed by atoms with Crippen molar-refractivity contribution in [2.45, 2.75) is 13.0 Å². The molecule has 19 heavy (non-hydrogen) atoms. The molecule has 0 amide bonds. The lowest BCUT2D eigenvalue weighted by Gasteiger charge is -1.99. The number of aromatic nitrogens is 1. The number of rotatable bonds is 5. The minimum absolute atomic E-state index is 0.0660. The van der Waals surface area contributed by atoms with Gasteiger partial charge in [0.15, 0.2) is 5.76 Å². The summed E-state index contributed by atoms with van der Waals surface area (Å²) in [5, 5.41) is 4.35. The standard InChI is InChI=1S/C13H11BrFNO3/c14-6-5-13(17)18-8-11-7-12(19-16-11)9-1-3-10(15)4-2-9/h1-4,7H,5-6,8H2. The van der Waals surface area contributed by atoms with Gasteiger partial charge in [-0.25, -0.2) is 4.39 Å². The summed E-state index contributed by atoms with van der Waals surface area (Å²) < 4.78 is 22.9. The maximum atomic E-state index is 12.8. The van der Waals surface area contributed by atoms with Crippen LogP contribution in [0.3, 0.4) is 0 Å². The molecule has 0 aliphatic rings. The quantitative estimate of drug-likeness (QED) is 0.624. The average Bonchev–Trinajstić information content (AvgIpc) is 2.86. The Bertz CT molecular complexity index is 553. The molecule has 0 bridgehead atoms. The number of halogens is 2. The minimum Gasteiger partial charge on any atom is -0.459 e. The lowest BCUT2D eigenvalue weighted by Crippen LogP contribution is -2.04. The van der Waals surface area contributed by atoms with Crippen LogP contribution in [-0.4, -0.2) is 16.5 Å². The summed E-state index contributed by atoms with van der Waals surface area (Å²) in [5.41, 5.74) is 1.23. The van der Waals surface area contributed by atoms with E-state index in [4.69, 9.17) is 9.26 Å². The van der Waals surface area contributed by atoms with E-state index < -0.39 is 0 Å². The second-order valence-corrected chi connectivity index (χ2v) is 4.58. The maximum Gasteiger partial charge on any atom is 0.307 e. The maximum absolute atomic E-state index is 12.8. The lowest BCUT2D eigenvalue weighted by atomic mass is 10.1. The van der Waals surface area contributed by atoms with E-state index in [2.05, 4.69) is 21.1 Å². The molecule has 0 atom stereocenters. The van der Waals surface area contributed by atoms with Gasteiger partial charge in [0.05, 0.1) is 6.42 Å². The van der Waals surface area contributed by atoms with Crippen LogP contribution in [0.25, 0.3) is 11.3 Å². The molecule has 0 radical (unpaired) electrons. The highest BCUT2D eigenvalue weighted by Gasteiger charge is 2.09. The van der Waals surface area contributed by atoms with Crippen LogP contribution in [0.15, 0.2) is 34.9 Å². The number of esters is 1. The van der Waals surface area contributed by atoms with E-state index in [-0.39, 0.29) is 18.4 Å². The normalized spacial score (nSPS) is 10.4. The van der Waals surface area contributed by atoms with Crippen LogP contribution >= 0.6 is 15.9 Å². The van der Waals surface area contributed by atoms with Crippen LogP contribution in [0.5, 0.6) is 0 Å². The Hall–Kier alpha value is -1.69. The number of ether oxygens (including phenoxy) is 1. The molecule has 2 rings (SSSR count). The summed E-state index contributed by atoms with van der Waals surface area (Å²) in [7, 11) is 0. The van der Waals surface area contributed by atoms with Gasteiger partial charge in [0, 0.05) is 17.0 Å². The second kappa shape index (κ2) is 6.47. The van der Waals surface area contributed by atoms with Crippen molar-refractivity contribution in [2.24, 2.45) is 0 Å². The highest BCUT2D eigenvalue weighted by Crippen LogP contribution is 2.20. The van der Waals surface area contributed by atoms with Gasteiger partial charge in [-0.2, -0.15) is 0 Å². The largest absolute Gasteiger partial charge is 0.459 e. The molecule has 1 aromatic carbocycles. The molecule has 0 fully saturated rings. The Morgan fingerprint density at radius 1 is 1.37 bits per heavy atom. The summed E-state index contributed by atoms with van der Waals surface area (Å²) in [6.07, 6.45) is 0.308. The van der Waals surface area contributed by atoms with Crippen molar-refractivity contribution >= 4 is 21.9 Å². The Kier molecular flexibility index (Phi) is 4.68. The van der Waals surface area contributed by atoms with Crippen LogP contribution in [-0.2, 0) is 16.1 Å². The van der Waals surface area contributed by atoms with Gasteiger partial charge in [-0.3, -0.25) is 4.79 Å². The number of hydrogen-bond acceptors (Lipinski definition) is 4. The first kappa shape index (κ1) is 13.7. The highest BCUT2D eigenvalue weighted by molar-refractivity contribution is 9.09. The van der Waals surface area contributed by atoms with E-state index in [0.29, 0.717) is 28.8 Å². The van der Waals surface area contributed by atoms with Crippen molar-refractivity contribution in [1.29, 1.82) is 0 Å². The molecule has 100 valence electrons. The van der Waals surface area contributed by atoms with Gasteiger partial charge < -0.3 is 9.26 Å². The fraction of sp³-hybridized carbons (Fsp3) is 0.231. The first-order valence-electron chi connectivity index (χ1n) is 5.62. The molecule has 0 spiro atoms. The van der Waals surface area contributed by atoms with Crippen molar-refractivity contribution in [3.05, 3.63) is 41.8 Å². The molecular formula is C13H11BrFNO3. The zero-order valence-electron chi connectivity index (χ0n) is 9.94. The summed E-state index contributed by atoms with van der Waals surface area (Å²) in [5.74, 6) is -0.109. The molecule has 0 saturated carbocycles. The summed E-state index contributed by atoms with van der Waals surface area (Å²) in [6.45, 7) is 0.0660. The second-order valence-electron chi connectivity index (χ2n) is 3.79. The molecule has 2 aromatic rings. The van der Waals surface area contributed by atoms with E-state index in [1.54, 1.807) is 18.2 Å². The molecule has 6 heteroatoms. The predicted molar refractivity (Wildman–Crippen MR) is 70.1 cm³/mol. The van der Waals surface area contributed by atoms with Crippen LogP contribution in [0, 0.1) is 5.82 Å². The minimum atomic E-state index is -0.313. The number of carbonyl (C=O) groups excluding carboxylic acids is 1. The van der Waals surface area contributed by atoms with Gasteiger partial charge >= 0.3 is 5.97 Å². The first-order chi connectivity index (χ1) is 9.19. The van der Waals surface area contributed by atoms with Gasteiger partial charge in [0.1, 0.15) is 18.1 Å². The fourth-order valence-corrected chi connectivity index (χ4v) is 1.76. The molecule has 1 heterocycles. The van der Waals surface area contributed by atoms with Crippen molar-refractivity contribution in [3.63, 3.8) is 0 Å². The Labute approximate surface area is 117 Å². The van der Waals surface area contributed by atoms with Gasteiger partial charge in [0.25, 0.3) is 0 Å². The Balaban J connectivity index is 1.99. The van der Waals surface area contributed by atoms with Gasteiger partial charge in [-0.05, 0) is 24.3 Å². The van der Waals surface area contributed by atoms with E-state index in [0.717, 1.165) is 0 Å². The zero-order valence-corrected chi connectivity index (χ0v) is 11.5. The summed E-state index contributed by atoms with van der Waals surface area (Å²) >= 11 is 3.15. The third kappa shape index (κ3) is 3.89. The summed E-state index contributed by atoms with van der Waals surface area (Å²) in [6, 6.07) is 7.53.